The van der Waals surface area contributed by atoms with Gasteiger partial charge >= 0.3 is 12.4 Å². The monoisotopic (exact) mass is 571 g/mol. The number of hydrogen-bond acceptors (Lipinski definition) is 6. The third kappa shape index (κ3) is 5.74. The maximum absolute atomic E-state index is 13.7. The van der Waals surface area contributed by atoms with E-state index in [4.69, 9.17) is 0 Å². The zero-order valence-electron chi connectivity index (χ0n) is 22.4. The molecule has 1 aromatic heterocycles. The largest absolute Gasteiger partial charge is 0.573 e. The summed E-state index contributed by atoms with van der Waals surface area (Å²) in [6.45, 7) is 3.96. The van der Waals surface area contributed by atoms with Crippen molar-refractivity contribution in [2.45, 2.75) is 63.9 Å². The molecule has 2 fully saturated rings. The Morgan fingerprint density at radius 3 is 2.59 bits per heavy atom. The van der Waals surface area contributed by atoms with Crippen LogP contribution in [0.5, 0.6) is 5.75 Å². The predicted octanol–water partition coefficient (Wildman–Crippen LogP) is 4.21. The highest BCUT2D eigenvalue weighted by Crippen LogP contribution is 2.34. The Hall–Kier alpha value is -4.42. The summed E-state index contributed by atoms with van der Waals surface area (Å²) in [5, 5.41) is 5.24. The number of nitrogens with one attached hydrogen (secondary N) is 2. The van der Waals surface area contributed by atoms with Crippen LogP contribution >= 0.6 is 0 Å². The van der Waals surface area contributed by atoms with Crippen LogP contribution in [0, 0.1) is 6.92 Å². The molecular formula is C28H28F3N5O5. The summed E-state index contributed by atoms with van der Waals surface area (Å²) < 4.78 is 42.7. The van der Waals surface area contributed by atoms with Gasteiger partial charge in [-0.2, -0.15) is 0 Å². The molecule has 41 heavy (non-hydrogen) atoms. The fourth-order valence-electron chi connectivity index (χ4n) is 5.74. The number of halogens is 3. The number of piperidine rings is 1. The lowest BCUT2D eigenvalue weighted by molar-refractivity contribution is -0.274. The van der Waals surface area contributed by atoms with Crippen molar-refractivity contribution in [3.05, 3.63) is 64.2 Å². The fraction of sp³-hybridized carbons (Fsp3) is 0.393. The van der Waals surface area contributed by atoms with Gasteiger partial charge in [-0.3, -0.25) is 24.3 Å². The molecule has 2 unspecified atom stereocenters. The summed E-state index contributed by atoms with van der Waals surface area (Å²) in [7, 11) is 0. The fourth-order valence-corrected chi connectivity index (χ4v) is 5.74. The van der Waals surface area contributed by atoms with Crippen LogP contribution in [-0.2, 0) is 16.0 Å². The number of hydrogen-bond donors (Lipinski definition) is 2. The van der Waals surface area contributed by atoms with Crippen LogP contribution in [0.4, 0.5) is 23.7 Å². The van der Waals surface area contributed by atoms with Gasteiger partial charge in [0.2, 0.25) is 11.8 Å². The molecule has 216 valence electrons. The first kappa shape index (κ1) is 28.1. The molecule has 3 heterocycles. The van der Waals surface area contributed by atoms with E-state index in [0.717, 1.165) is 12.0 Å². The number of aryl methyl sites for hydroxylation is 1. The highest BCUT2D eigenvalue weighted by atomic mass is 19.4. The van der Waals surface area contributed by atoms with E-state index < -0.39 is 41.3 Å². The van der Waals surface area contributed by atoms with Gasteiger partial charge < -0.3 is 15.0 Å². The van der Waals surface area contributed by atoms with Crippen LogP contribution in [0.25, 0.3) is 10.9 Å². The first-order chi connectivity index (χ1) is 19.3. The minimum absolute atomic E-state index is 0.0876. The predicted molar refractivity (Wildman–Crippen MR) is 142 cm³/mol. The number of fused-ring (bicyclic) bond motifs is 1. The molecule has 3 aromatic rings. The van der Waals surface area contributed by atoms with Gasteiger partial charge in [0, 0.05) is 18.5 Å². The summed E-state index contributed by atoms with van der Waals surface area (Å²) >= 11 is 0. The molecule has 10 nitrogen and oxygen atoms in total. The molecule has 5 rings (SSSR count). The third-order valence-corrected chi connectivity index (χ3v) is 7.61. The number of amides is 4. The minimum atomic E-state index is -4.78. The van der Waals surface area contributed by atoms with Gasteiger partial charge in [-0.15, -0.1) is 13.2 Å². The number of aromatic nitrogens is 2. The number of imide groups is 1. The number of anilines is 1. The van der Waals surface area contributed by atoms with Gasteiger partial charge in [0.15, 0.2) is 0 Å². The molecule has 0 aliphatic carbocycles. The smallest absolute Gasteiger partial charge is 0.406 e. The lowest BCUT2D eigenvalue weighted by Crippen LogP contribution is -2.48. The van der Waals surface area contributed by atoms with Gasteiger partial charge in [-0.05, 0) is 69.4 Å². The van der Waals surface area contributed by atoms with E-state index in [1.54, 1.807) is 30.0 Å². The number of carbonyl (C=O) groups is 3. The van der Waals surface area contributed by atoms with Crippen molar-refractivity contribution >= 4 is 34.4 Å². The summed E-state index contributed by atoms with van der Waals surface area (Å²) in [5.74, 6) is -1.01. The number of likely N-dealkylation sites (tertiary alicyclic amines) is 1. The van der Waals surface area contributed by atoms with E-state index in [2.05, 4.69) is 20.4 Å². The molecule has 0 spiro atoms. The maximum Gasteiger partial charge on any atom is 0.573 e. The zero-order chi connectivity index (χ0) is 29.5. The lowest BCUT2D eigenvalue weighted by Gasteiger charge is -2.35. The highest BCUT2D eigenvalue weighted by Gasteiger charge is 2.40. The Bertz CT molecular complexity index is 1590. The average molecular weight is 572 g/mol. The molecule has 4 amide bonds. The summed E-state index contributed by atoms with van der Waals surface area (Å²) in [4.78, 5) is 57.6. The zero-order valence-corrected chi connectivity index (χ0v) is 22.4. The van der Waals surface area contributed by atoms with Crippen molar-refractivity contribution in [2.75, 3.05) is 11.9 Å². The number of carbonyl (C=O) groups excluding carboxylic acids is 3. The van der Waals surface area contributed by atoms with Crippen molar-refractivity contribution in [3.63, 3.8) is 0 Å². The Morgan fingerprint density at radius 2 is 1.90 bits per heavy atom. The van der Waals surface area contributed by atoms with Gasteiger partial charge in [0.1, 0.15) is 17.6 Å². The molecular weight excluding hydrogens is 543 g/mol. The lowest BCUT2D eigenvalue weighted by atomic mass is 9.90. The SMILES string of the molecule is Cc1nc2cccc(NC(=O)N3CCCC3(C)Cc3ccc(OC(F)(F)F)cc3)c2c(=O)n1C1CCC(=O)NC1=O. The number of ether oxygens (including phenoxy) is 1. The van der Waals surface area contributed by atoms with Crippen molar-refractivity contribution in [1.82, 2.24) is 19.8 Å². The Kier molecular flexibility index (Phi) is 7.22. The van der Waals surface area contributed by atoms with E-state index in [1.165, 1.54) is 28.8 Å². The molecule has 0 bridgehead atoms. The average Bonchev–Trinajstić information content (AvgIpc) is 3.26. The summed E-state index contributed by atoms with van der Waals surface area (Å²) in [6, 6.07) is 9.09. The Balaban J connectivity index is 1.40. The van der Waals surface area contributed by atoms with Gasteiger partial charge in [-0.25, -0.2) is 9.78 Å². The van der Waals surface area contributed by atoms with Crippen LogP contribution in [0.15, 0.2) is 47.3 Å². The van der Waals surface area contributed by atoms with Gasteiger partial charge in [-0.1, -0.05) is 18.2 Å². The van der Waals surface area contributed by atoms with Crippen molar-refractivity contribution in [1.29, 1.82) is 0 Å². The second-order valence-corrected chi connectivity index (χ2v) is 10.6. The molecule has 0 saturated carbocycles. The van der Waals surface area contributed by atoms with Crippen LogP contribution in [0.2, 0.25) is 0 Å². The molecule has 0 radical (unpaired) electrons. The Morgan fingerprint density at radius 1 is 1.17 bits per heavy atom. The van der Waals surface area contributed by atoms with Crippen LogP contribution in [0.3, 0.4) is 0 Å². The van der Waals surface area contributed by atoms with E-state index in [9.17, 15) is 32.3 Å². The molecule has 2 N–H and O–H groups in total. The molecule has 2 aromatic carbocycles. The van der Waals surface area contributed by atoms with Crippen LogP contribution in [0.1, 0.15) is 50.0 Å². The topological polar surface area (TPSA) is 123 Å². The number of benzene rings is 2. The molecule has 2 atom stereocenters. The van der Waals surface area contributed by atoms with Crippen molar-refractivity contribution in [3.8, 4) is 5.75 Å². The molecule has 2 aliphatic heterocycles. The first-order valence-corrected chi connectivity index (χ1v) is 13.1. The van der Waals surface area contributed by atoms with Crippen LogP contribution < -0.4 is 20.9 Å². The normalized spacial score (nSPS) is 21.2. The first-order valence-electron chi connectivity index (χ1n) is 13.1. The molecule has 2 aliphatic rings. The second-order valence-electron chi connectivity index (χ2n) is 10.6. The van der Waals surface area contributed by atoms with E-state index >= 15 is 0 Å². The number of urea groups is 1. The van der Waals surface area contributed by atoms with E-state index in [0.29, 0.717) is 30.7 Å². The standard InChI is InChI=1S/C28H28F3N5O5/c1-16-32-19-5-3-6-20(23(19)25(39)36(16)21-11-12-22(37)34-24(21)38)33-26(40)35-14-4-13-27(35,2)15-17-7-9-18(10-8-17)41-28(29,30)31/h3,5-10,21H,4,11-15H2,1-2H3,(H,33,40)(H,34,37,38). The van der Waals surface area contributed by atoms with Gasteiger partial charge in [0.05, 0.1) is 16.6 Å². The summed E-state index contributed by atoms with van der Waals surface area (Å²) in [6.07, 6.45) is -2.76. The Labute approximate surface area is 232 Å². The van der Waals surface area contributed by atoms with E-state index in [-0.39, 0.29) is 29.7 Å². The van der Waals surface area contributed by atoms with Crippen LogP contribution in [-0.4, -0.2) is 50.7 Å². The highest BCUT2D eigenvalue weighted by molar-refractivity contribution is 6.01. The van der Waals surface area contributed by atoms with Gasteiger partial charge in [0.25, 0.3) is 5.56 Å². The van der Waals surface area contributed by atoms with Crippen molar-refractivity contribution < 1.29 is 32.3 Å². The number of nitrogens with zero attached hydrogens (tertiary/aromatic N) is 3. The van der Waals surface area contributed by atoms with Crippen molar-refractivity contribution in [2.24, 2.45) is 0 Å². The third-order valence-electron chi connectivity index (χ3n) is 7.61. The molecule has 13 heteroatoms. The minimum Gasteiger partial charge on any atom is -0.406 e. The summed E-state index contributed by atoms with van der Waals surface area (Å²) in [5.41, 5.74) is 0.165. The number of rotatable bonds is 5. The van der Waals surface area contributed by atoms with E-state index in [1.807, 2.05) is 6.92 Å². The molecule has 2 saturated heterocycles. The quantitative estimate of drug-likeness (QED) is 0.443. The maximum atomic E-state index is 13.7. The number of alkyl halides is 3. The second kappa shape index (κ2) is 10.5.